The molecule has 1 aromatic heterocycles. The van der Waals surface area contributed by atoms with Gasteiger partial charge in [0, 0.05) is 13.1 Å². The van der Waals surface area contributed by atoms with Crippen LogP contribution in [-0.4, -0.2) is 21.9 Å². The number of nitrogens with one attached hydrogen (secondary N) is 1. The van der Waals surface area contributed by atoms with Crippen molar-refractivity contribution >= 4 is 11.5 Å². The van der Waals surface area contributed by atoms with Gasteiger partial charge in [-0.1, -0.05) is 6.07 Å². The second kappa shape index (κ2) is 5.52. The van der Waals surface area contributed by atoms with Gasteiger partial charge in [0.2, 0.25) is 11.6 Å². The summed E-state index contributed by atoms with van der Waals surface area (Å²) in [6.45, 7) is 3.62. The number of aromatic nitrogens is 2. The monoisotopic (exact) mass is 274 g/mol. The van der Waals surface area contributed by atoms with E-state index in [1.807, 2.05) is 6.92 Å². The summed E-state index contributed by atoms with van der Waals surface area (Å²) in [6, 6.07) is 4.69. The fraction of sp³-hybridized carbons (Fsp3) is 0.231. The van der Waals surface area contributed by atoms with Gasteiger partial charge in [-0.3, -0.25) is 10.1 Å². The average Bonchev–Trinajstić information content (AvgIpc) is 2.41. The lowest BCUT2D eigenvalue weighted by Crippen LogP contribution is -2.01. The number of nitro groups is 1. The van der Waals surface area contributed by atoms with Crippen LogP contribution in [0, 0.1) is 24.0 Å². The lowest BCUT2D eigenvalue weighted by atomic mass is 10.2. The number of hydrogen-bond donors (Lipinski definition) is 1. The number of anilines is 1. The van der Waals surface area contributed by atoms with Gasteiger partial charge in [-0.15, -0.1) is 0 Å². The molecule has 0 aliphatic rings. The lowest BCUT2D eigenvalue weighted by Gasteiger charge is -2.10. The van der Waals surface area contributed by atoms with Crippen molar-refractivity contribution in [2.75, 3.05) is 12.4 Å². The van der Waals surface area contributed by atoms with Crippen molar-refractivity contribution in [2.45, 2.75) is 13.8 Å². The van der Waals surface area contributed by atoms with Gasteiger partial charge in [-0.25, -0.2) is 9.97 Å². The molecule has 7 heteroatoms. The summed E-state index contributed by atoms with van der Waals surface area (Å²) >= 11 is 0. The van der Waals surface area contributed by atoms with E-state index in [0.717, 1.165) is 5.56 Å². The third-order valence-corrected chi connectivity index (χ3v) is 2.79. The molecule has 0 fully saturated rings. The molecule has 0 atom stereocenters. The van der Waals surface area contributed by atoms with Crippen molar-refractivity contribution in [1.29, 1.82) is 0 Å². The molecule has 0 amide bonds. The van der Waals surface area contributed by atoms with E-state index < -0.39 is 4.92 Å². The fourth-order valence-electron chi connectivity index (χ4n) is 1.75. The number of nitrogens with zero attached hydrogens (tertiary/aromatic N) is 3. The number of ether oxygens (including phenoxy) is 1. The summed E-state index contributed by atoms with van der Waals surface area (Å²) < 4.78 is 5.59. The number of nitro benzene ring substituents is 1. The smallest absolute Gasteiger partial charge is 0.311 e. The van der Waals surface area contributed by atoms with E-state index in [-0.39, 0.29) is 17.3 Å². The first-order valence-corrected chi connectivity index (χ1v) is 5.95. The fourth-order valence-corrected chi connectivity index (χ4v) is 1.75. The molecular weight excluding hydrogens is 260 g/mol. The van der Waals surface area contributed by atoms with Crippen LogP contribution >= 0.6 is 0 Å². The minimum absolute atomic E-state index is 0.0976. The summed E-state index contributed by atoms with van der Waals surface area (Å²) in [6.07, 6.45) is 1.34. The maximum Gasteiger partial charge on any atom is 0.311 e. The third kappa shape index (κ3) is 2.66. The van der Waals surface area contributed by atoms with Gasteiger partial charge in [-0.05, 0) is 25.5 Å². The Morgan fingerprint density at radius 3 is 2.70 bits per heavy atom. The molecular formula is C13H14N4O3. The lowest BCUT2D eigenvalue weighted by molar-refractivity contribution is -0.385. The molecule has 2 rings (SSSR count). The van der Waals surface area contributed by atoms with Crippen molar-refractivity contribution in [3.8, 4) is 11.6 Å². The van der Waals surface area contributed by atoms with Crippen LogP contribution in [-0.2, 0) is 0 Å². The highest BCUT2D eigenvalue weighted by atomic mass is 16.6. The van der Waals surface area contributed by atoms with Crippen molar-refractivity contribution < 1.29 is 9.66 Å². The van der Waals surface area contributed by atoms with E-state index in [2.05, 4.69) is 15.3 Å². The Hall–Kier alpha value is -2.70. The van der Waals surface area contributed by atoms with E-state index >= 15 is 0 Å². The Labute approximate surface area is 115 Å². The van der Waals surface area contributed by atoms with Crippen LogP contribution in [0.4, 0.5) is 11.5 Å². The van der Waals surface area contributed by atoms with E-state index in [1.165, 1.54) is 12.4 Å². The van der Waals surface area contributed by atoms with Gasteiger partial charge in [0.05, 0.1) is 10.5 Å². The highest BCUT2D eigenvalue weighted by Crippen LogP contribution is 2.33. The van der Waals surface area contributed by atoms with Crippen LogP contribution in [0.25, 0.3) is 0 Å². The Morgan fingerprint density at radius 2 is 2.05 bits per heavy atom. The quantitative estimate of drug-likeness (QED) is 0.681. The van der Waals surface area contributed by atoms with Gasteiger partial charge in [0.1, 0.15) is 12.1 Å². The molecule has 1 N–H and O–H groups in total. The summed E-state index contributed by atoms with van der Waals surface area (Å²) in [5.74, 6) is 1.07. The Bertz CT molecular complexity index is 658. The summed E-state index contributed by atoms with van der Waals surface area (Å²) in [5.41, 5.74) is 1.46. The van der Waals surface area contributed by atoms with Gasteiger partial charge in [0.15, 0.2) is 0 Å². The van der Waals surface area contributed by atoms with Crippen LogP contribution in [0.15, 0.2) is 24.5 Å². The van der Waals surface area contributed by atoms with Crippen LogP contribution in [0.2, 0.25) is 0 Å². The van der Waals surface area contributed by atoms with E-state index in [9.17, 15) is 10.1 Å². The first-order valence-electron chi connectivity index (χ1n) is 5.95. The predicted octanol–water partition coefficient (Wildman–Crippen LogP) is 2.84. The van der Waals surface area contributed by atoms with Gasteiger partial charge < -0.3 is 10.1 Å². The third-order valence-electron chi connectivity index (χ3n) is 2.79. The van der Waals surface area contributed by atoms with Crippen molar-refractivity contribution in [3.05, 3.63) is 45.8 Å². The first-order chi connectivity index (χ1) is 9.52. The molecule has 1 heterocycles. The second-order valence-corrected chi connectivity index (χ2v) is 4.23. The Morgan fingerprint density at radius 1 is 1.30 bits per heavy atom. The van der Waals surface area contributed by atoms with Gasteiger partial charge >= 0.3 is 5.69 Å². The SMILES string of the molecule is CNc1ncnc(Oc2cc(C)ccc2[N+](=O)[O-])c1C. The highest BCUT2D eigenvalue weighted by Gasteiger charge is 2.18. The standard InChI is InChI=1S/C13H14N4O3/c1-8-4-5-10(17(18)19)11(6-8)20-13-9(2)12(14-3)15-7-16-13/h4-7H,1-3H3,(H,14,15,16). The molecule has 7 nitrogen and oxygen atoms in total. The molecule has 0 aliphatic heterocycles. The largest absolute Gasteiger partial charge is 0.431 e. The average molecular weight is 274 g/mol. The van der Waals surface area contributed by atoms with E-state index in [1.54, 1.807) is 26.1 Å². The zero-order valence-electron chi connectivity index (χ0n) is 11.4. The molecule has 0 saturated heterocycles. The first kappa shape index (κ1) is 13.7. The zero-order chi connectivity index (χ0) is 14.7. The Balaban J connectivity index is 2.44. The molecule has 0 saturated carbocycles. The minimum Gasteiger partial charge on any atom is -0.431 e. The summed E-state index contributed by atoms with van der Waals surface area (Å²) in [5, 5.41) is 13.9. The highest BCUT2D eigenvalue weighted by molar-refractivity contribution is 5.53. The predicted molar refractivity (Wildman–Crippen MR) is 74.2 cm³/mol. The summed E-state index contributed by atoms with van der Waals surface area (Å²) in [7, 11) is 1.73. The van der Waals surface area contributed by atoms with Crippen LogP contribution in [0.5, 0.6) is 11.6 Å². The molecule has 1 aromatic carbocycles. The number of hydrogen-bond acceptors (Lipinski definition) is 6. The zero-order valence-corrected chi connectivity index (χ0v) is 11.4. The van der Waals surface area contributed by atoms with Crippen molar-refractivity contribution in [2.24, 2.45) is 0 Å². The molecule has 104 valence electrons. The number of aryl methyl sites for hydroxylation is 1. The van der Waals surface area contributed by atoms with Gasteiger partial charge in [0.25, 0.3) is 0 Å². The molecule has 0 bridgehead atoms. The van der Waals surface area contributed by atoms with Crippen LogP contribution < -0.4 is 10.1 Å². The molecule has 0 aliphatic carbocycles. The summed E-state index contributed by atoms with van der Waals surface area (Å²) in [4.78, 5) is 18.6. The van der Waals surface area contributed by atoms with Crippen molar-refractivity contribution in [3.63, 3.8) is 0 Å². The minimum atomic E-state index is -0.482. The molecule has 2 aromatic rings. The topological polar surface area (TPSA) is 90.2 Å². The molecule has 0 radical (unpaired) electrons. The molecule has 20 heavy (non-hydrogen) atoms. The molecule has 0 spiro atoms. The van der Waals surface area contributed by atoms with Crippen LogP contribution in [0.1, 0.15) is 11.1 Å². The normalized spacial score (nSPS) is 10.2. The van der Waals surface area contributed by atoms with Crippen LogP contribution in [0.3, 0.4) is 0 Å². The van der Waals surface area contributed by atoms with Crippen molar-refractivity contribution in [1.82, 2.24) is 9.97 Å². The van der Waals surface area contributed by atoms with E-state index in [0.29, 0.717) is 11.4 Å². The number of rotatable bonds is 4. The Kier molecular flexibility index (Phi) is 3.79. The van der Waals surface area contributed by atoms with E-state index in [4.69, 9.17) is 4.74 Å². The maximum absolute atomic E-state index is 11.0. The van der Waals surface area contributed by atoms with Gasteiger partial charge in [-0.2, -0.15) is 0 Å². The maximum atomic E-state index is 11.0. The second-order valence-electron chi connectivity index (χ2n) is 4.23. The number of benzene rings is 1. The molecule has 0 unspecified atom stereocenters.